The summed E-state index contributed by atoms with van der Waals surface area (Å²) in [4.78, 5) is 0. The molecule has 0 aliphatic heterocycles. The van der Waals surface area contributed by atoms with Crippen molar-refractivity contribution in [1.82, 2.24) is 9.78 Å². The summed E-state index contributed by atoms with van der Waals surface area (Å²) in [6.07, 6.45) is 1.85. The van der Waals surface area contributed by atoms with E-state index in [4.69, 9.17) is 5.73 Å². The fourth-order valence-electron chi connectivity index (χ4n) is 1.71. The minimum atomic E-state index is 0.0249. The maximum atomic E-state index is 6.12. The van der Waals surface area contributed by atoms with Crippen LogP contribution in [0.5, 0.6) is 0 Å². The van der Waals surface area contributed by atoms with Gasteiger partial charge in [0.15, 0.2) is 0 Å². The predicted molar refractivity (Wildman–Crippen MR) is 66.7 cm³/mol. The first kappa shape index (κ1) is 10.7. The number of nitrogens with zero attached hydrogens (tertiary/aromatic N) is 2. The van der Waals surface area contributed by atoms with Gasteiger partial charge in [-0.15, -0.1) is 0 Å². The van der Waals surface area contributed by atoms with Crippen molar-refractivity contribution in [2.45, 2.75) is 26.2 Å². The van der Waals surface area contributed by atoms with Crippen LogP contribution in [-0.2, 0) is 5.41 Å². The monoisotopic (exact) mass is 215 g/mol. The second-order valence-corrected chi connectivity index (χ2v) is 4.94. The van der Waals surface area contributed by atoms with Gasteiger partial charge in [-0.2, -0.15) is 5.10 Å². The van der Waals surface area contributed by atoms with E-state index in [1.807, 2.05) is 36.5 Å². The van der Waals surface area contributed by atoms with E-state index in [2.05, 4.69) is 25.9 Å². The molecule has 3 heteroatoms. The van der Waals surface area contributed by atoms with Crippen molar-refractivity contribution in [2.75, 3.05) is 5.73 Å². The zero-order valence-electron chi connectivity index (χ0n) is 9.94. The Morgan fingerprint density at radius 2 is 1.75 bits per heavy atom. The summed E-state index contributed by atoms with van der Waals surface area (Å²) in [7, 11) is 0. The molecular weight excluding hydrogens is 198 g/mol. The van der Waals surface area contributed by atoms with Crippen LogP contribution in [0.25, 0.3) is 5.69 Å². The first-order valence-corrected chi connectivity index (χ1v) is 5.39. The molecule has 0 aliphatic rings. The highest BCUT2D eigenvalue weighted by molar-refractivity contribution is 5.49. The van der Waals surface area contributed by atoms with Gasteiger partial charge in [0.1, 0.15) is 5.82 Å². The fourth-order valence-corrected chi connectivity index (χ4v) is 1.71. The summed E-state index contributed by atoms with van der Waals surface area (Å²) in [5.41, 5.74) is 8.22. The molecule has 84 valence electrons. The van der Waals surface area contributed by atoms with E-state index >= 15 is 0 Å². The Morgan fingerprint density at radius 1 is 1.12 bits per heavy atom. The molecule has 16 heavy (non-hydrogen) atoms. The van der Waals surface area contributed by atoms with E-state index < -0.39 is 0 Å². The van der Waals surface area contributed by atoms with E-state index in [9.17, 15) is 0 Å². The third kappa shape index (κ3) is 1.81. The van der Waals surface area contributed by atoms with E-state index in [-0.39, 0.29) is 5.41 Å². The molecule has 0 amide bonds. The average molecular weight is 215 g/mol. The van der Waals surface area contributed by atoms with E-state index in [1.165, 1.54) is 0 Å². The fraction of sp³-hybridized carbons (Fsp3) is 0.308. The summed E-state index contributed by atoms with van der Waals surface area (Å²) >= 11 is 0. The molecule has 0 spiro atoms. The van der Waals surface area contributed by atoms with Crippen LogP contribution >= 0.6 is 0 Å². The lowest BCUT2D eigenvalue weighted by Crippen LogP contribution is -2.13. The number of aromatic nitrogens is 2. The highest BCUT2D eigenvalue weighted by Crippen LogP contribution is 2.28. The minimum absolute atomic E-state index is 0.0249. The summed E-state index contributed by atoms with van der Waals surface area (Å²) in [6, 6.07) is 9.93. The molecule has 1 aromatic carbocycles. The Balaban J connectivity index is 2.50. The Bertz CT molecular complexity index is 478. The number of nitrogen functional groups attached to an aromatic ring is 1. The van der Waals surface area contributed by atoms with Crippen LogP contribution in [0.4, 0.5) is 5.82 Å². The lowest BCUT2D eigenvalue weighted by atomic mass is 9.89. The molecule has 0 aliphatic carbocycles. The smallest absolute Gasteiger partial charge is 0.130 e. The topological polar surface area (TPSA) is 43.8 Å². The van der Waals surface area contributed by atoms with Gasteiger partial charge in [-0.3, -0.25) is 0 Å². The van der Waals surface area contributed by atoms with Gasteiger partial charge < -0.3 is 5.73 Å². The number of rotatable bonds is 1. The maximum absolute atomic E-state index is 6.12. The number of benzene rings is 1. The van der Waals surface area contributed by atoms with Crippen LogP contribution in [0.3, 0.4) is 0 Å². The van der Waals surface area contributed by atoms with Gasteiger partial charge in [0.2, 0.25) is 0 Å². The van der Waals surface area contributed by atoms with Crippen LogP contribution in [-0.4, -0.2) is 9.78 Å². The lowest BCUT2D eigenvalue weighted by molar-refractivity contribution is 0.592. The highest BCUT2D eigenvalue weighted by Gasteiger charge is 2.20. The molecule has 0 unspecified atom stereocenters. The molecule has 0 fully saturated rings. The lowest BCUT2D eigenvalue weighted by Gasteiger charge is -2.17. The summed E-state index contributed by atoms with van der Waals surface area (Å²) < 4.78 is 1.78. The zero-order chi connectivity index (χ0) is 11.8. The molecule has 2 N–H and O–H groups in total. The maximum Gasteiger partial charge on any atom is 0.130 e. The van der Waals surface area contributed by atoms with Crippen LogP contribution in [0, 0.1) is 0 Å². The van der Waals surface area contributed by atoms with Crippen molar-refractivity contribution >= 4 is 5.82 Å². The van der Waals surface area contributed by atoms with E-state index in [0.29, 0.717) is 0 Å². The van der Waals surface area contributed by atoms with Gasteiger partial charge >= 0.3 is 0 Å². The van der Waals surface area contributed by atoms with Crippen LogP contribution in [0.2, 0.25) is 0 Å². The number of nitrogens with two attached hydrogens (primary N) is 1. The summed E-state index contributed by atoms with van der Waals surface area (Å²) in [6.45, 7) is 6.40. The molecule has 1 heterocycles. The molecule has 0 atom stereocenters. The number of hydrogen-bond acceptors (Lipinski definition) is 2. The largest absolute Gasteiger partial charge is 0.383 e. The summed E-state index contributed by atoms with van der Waals surface area (Å²) in [5, 5.41) is 4.34. The second kappa shape index (κ2) is 3.67. The molecule has 0 saturated carbocycles. The van der Waals surface area contributed by atoms with Crippen molar-refractivity contribution in [3.8, 4) is 5.69 Å². The third-order valence-corrected chi connectivity index (χ3v) is 2.62. The zero-order valence-corrected chi connectivity index (χ0v) is 9.94. The Kier molecular flexibility index (Phi) is 2.46. The van der Waals surface area contributed by atoms with Gasteiger partial charge in [-0.1, -0.05) is 39.0 Å². The van der Waals surface area contributed by atoms with Gasteiger partial charge in [0.25, 0.3) is 0 Å². The number of anilines is 1. The number of hydrogen-bond donors (Lipinski definition) is 1. The van der Waals surface area contributed by atoms with Crippen molar-refractivity contribution in [3.05, 3.63) is 42.1 Å². The van der Waals surface area contributed by atoms with Gasteiger partial charge in [0.05, 0.1) is 11.9 Å². The second-order valence-electron chi connectivity index (χ2n) is 4.94. The first-order valence-electron chi connectivity index (χ1n) is 5.39. The SMILES string of the molecule is CC(C)(C)c1cnn(-c2ccccc2)c1N. The van der Waals surface area contributed by atoms with Gasteiger partial charge in [-0.05, 0) is 17.5 Å². The quantitative estimate of drug-likeness (QED) is 0.795. The highest BCUT2D eigenvalue weighted by atomic mass is 15.3. The van der Waals surface area contributed by atoms with E-state index in [0.717, 1.165) is 17.1 Å². The van der Waals surface area contributed by atoms with Gasteiger partial charge in [0, 0.05) is 5.56 Å². The standard InChI is InChI=1S/C13H17N3/c1-13(2,3)11-9-15-16(12(11)14)10-7-5-4-6-8-10/h4-9H,14H2,1-3H3. The Morgan fingerprint density at radius 3 is 2.25 bits per heavy atom. The van der Waals surface area contributed by atoms with E-state index in [1.54, 1.807) is 4.68 Å². The normalized spacial score (nSPS) is 11.7. The predicted octanol–water partition coefficient (Wildman–Crippen LogP) is 2.75. The number of para-hydroxylation sites is 1. The molecule has 3 nitrogen and oxygen atoms in total. The molecule has 0 saturated heterocycles. The van der Waals surface area contributed by atoms with Crippen LogP contribution < -0.4 is 5.73 Å². The van der Waals surface area contributed by atoms with Crippen molar-refractivity contribution in [1.29, 1.82) is 0 Å². The molecule has 1 aromatic heterocycles. The summed E-state index contributed by atoms with van der Waals surface area (Å²) in [5.74, 6) is 0.721. The molecular formula is C13H17N3. The Hall–Kier alpha value is -1.77. The van der Waals surface area contributed by atoms with Crippen molar-refractivity contribution < 1.29 is 0 Å². The van der Waals surface area contributed by atoms with Crippen LogP contribution in [0.15, 0.2) is 36.5 Å². The molecule has 0 bridgehead atoms. The molecule has 2 rings (SSSR count). The average Bonchev–Trinajstić information content (AvgIpc) is 2.61. The molecule has 0 radical (unpaired) electrons. The third-order valence-electron chi connectivity index (χ3n) is 2.62. The van der Waals surface area contributed by atoms with Gasteiger partial charge in [-0.25, -0.2) is 4.68 Å². The Labute approximate surface area is 95.9 Å². The van der Waals surface area contributed by atoms with Crippen molar-refractivity contribution in [3.63, 3.8) is 0 Å². The minimum Gasteiger partial charge on any atom is -0.383 e. The van der Waals surface area contributed by atoms with Crippen LogP contribution in [0.1, 0.15) is 26.3 Å². The van der Waals surface area contributed by atoms with Crippen molar-refractivity contribution in [2.24, 2.45) is 0 Å². The first-order chi connectivity index (χ1) is 7.50. The molecule has 2 aromatic rings.